The Bertz CT molecular complexity index is 855. The summed E-state index contributed by atoms with van der Waals surface area (Å²) in [6, 6.07) is 4.60. The van der Waals surface area contributed by atoms with Crippen LogP contribution in [0.2, 0.25) is 5.02 Å². The van der Waals surface area contributed by atoms with Gasteiger partial charge in [0.05, 0.1) is 30.4 Å². The molecular weight excluding hydrogens is 391 g/mol. The Kier molecular flexibility index (Phi) is 7.77. The number of ether oxygens (including phenoxy) is 1. The van der Waals surface area contributed by atoms with Gasteiger partial charge in [0, 0.05) is 11.6 Å². The Hall–Kier alpha value is -2.19. The zero-order valence-electron chi connectivity index (χ0n) is 15.3. The maximum atomic E-state index is 13.4. The number of ketones is 1. The number of phenolic OH excluding ortho intramolecular Hbond substituents is 2. The maximum absolute atomic E-state index is 13.4. The van der Waals surface area contributed by atoms with Crippen molar-refractivity contribution in [2.24, 2.45) is 0 Å². The quantitative estimate of drug-likeness (QED) is 0.372. The Morgan fingerprint density at radius 3 is 2.54 bits per heavy atom. The number of hydrogen-bond donors (Lipinski definition) is 4. The Morgan fingerprint density at radius 2 is 1.93 bits per heavy atom. The number of phenols is 2. The predicted molar refractivity (Wildman–Crippen MR) is 102 cm³/mol. The summed E-state index contributed by atoms with van der Waals surface area (Å²) in [4.78, 5) is 13.0. The van der Waals surface area contributed by atoms with Gasteiger partial charge in [0.15, 0.2) is 5.78 Å². The molecule has 0 saturated carbocycles. The monoisotopic (exact) mass is 412 g/mol. The van der Waals surface area contributed by atoms with Crippen LogP contribution in [0.25, 0.3) is 0 Å². The van der Waals surface area contributed by atoms with Crippen molar-refractivity contribution in [2.75, 3.05) is 19.8 Å². The van der Waals surface area contributed by atoms with Gasteiger partial charge in [-0.05, 0) is 42.2 Å². The Morgan fingerprint density at radius 1 is 1.21 bits per heavy atom. The van der Waals surface area contributed by atoms with Crippen molar-refractivity contribution in [3.05, 3.63) is 57.4 Å². The van der Waals surface area contributed by atoms with Gasteiger partial charge in [0.1, 0.15) is 23.4 Å². The third kappa shape index (κ3) is 4.99. The van der Waals surface area contributed by atoms with E-state index in [0.717, 1.165) is 12.1 Å². The second-order valence-corrected chi connectivity index (χ2v) is 6.63. The van der Waals surface area contributed by atoms with E-state index in [4.69, 9.17) is 21.4 Å². The molecule has 1 unspecified atom stereocenters. The number of carbonyl (C=O) groups excluding carboxylic acids is 1. The number of benzene rings is 2. The molecule has 1 atom stereocenters. The first-order valence-corrected chi connectivity index (χ1v) is 9.11. The van der Waals surface area contributed by atoms with Crippen molar-refractivity contribution in [3.8, 4) is 11.5 Å². The van der Waals surface area contributed by atoms with Crippen LogP contribution in [0.5, 0.6) is 11.5 Å². The molecule has 0 radical (unpaired) electrons. The summed E-state index contributed by atoms with van der Waals surface area (Å²) in [5.41, 5.74) is 0.931. The lowest BCUT2D eigenvalue weighted by Crippen LogP contribution is -2.20. The number of carbonyl (C=O) groups is 1. The molecule has 0 spiro atoms. The summed E-state index contributed by atoms with van der Waals surface area (Å²) in [5.74, 6) is -1.80. The molecule has 0 bridgehead atoms. The molecule has 0 aliphatic rings. The van der Waals surface area contributed by atoms with E-state index in [2.05, 4.69) is 0 Å². The van der Waals surface area contributed by atoms with Crippen LogP contribution in [0.4, 0.5) is 4.39 Å². The molecule has 2 aromatic carbocycles. The van der Waals surface area contributed by atoms with E-state index in [1.54, 1.807) is 6.92 Å². The van der Waals surface area contributed by atoms with Crippen molar-refractivity contribution in [1.29, 1.82) is 0 Å². The highest BCUT2D eigenvalue weighted by Gasteiger charge is 2.23. The van der Waals surface area contributed by atoms with Gasteiger partial charge in [0.25, 0.3) is 0 Å². The minimum atomic E-state index is -1.02. The van der Waals surface area contributed by atoms with Crippen LogP contribution in [0.1, 0.15) is 34.0 Å². The molecule has 8 heteroatoms. The molecular formula is C20H22ClFO6. The highest BCUT2D eigenvalue weighted by Crippen LogP contribution is 2.35. The van der Waals surface area contributed by atoms with Crippen LogP contribution in [-0.4, -0.2) is 52.1 Å². The zero-order chi connectivity index (χ0) is 20.8. The molecule has 0 aliphatic heterocycles. The van der Waals surface area contributed by atoms with Gasteiger partial charge in [-0.1, -0.05) is 18.5 Å². The highest BCUT2D eigenvalue weighted by molar-refractivity contribution is 6.31. The summed E-state index contributed by atoms with van der Waals surface area (Å²) >= 11 is 5.76. The van der Waals surface area contributed by atoms with E-state index < -0.39 is 30.1 Å². The Balaban J connectivity index is 2.41. The van der Waals surface area contributed by atoms with Crippen LogP contribution in [0.15, 0.2) is 24.3 Å². The Labute approximate surface area is 166 Å². The molecule has 2 aromatic rings. The van der Waals surface area contributed by atoms with Crippen LogP contribution in [0, 0.1) is 5.82 Å². The lowest BCUT2D eigenvalue weighted by Gasteiger charge is -2.17. The van der Waals surface area contributed by atoms with Gasteiger partial charge >= 0.3 is 0 Å². The molecule has 4 N–H and O–H groups in total. The molecule has 0 heterocycles. The minimum absolute atomic E-state index is 0.0244. The number of aromatic hydroxyl groups is 2. The van der Waals surface area contributed by atoms with Gasteiger partial charge in [-0.2, -0.15) is 0 Å². The van der Waals surface area contributed by atoms with Gasteiger partial charge in [-0.15, -0.1) is 0 Å². The van der Waals surface area contributed by atoms with Crippen LogP contribution in [-0.2, 0) is 17.6 Å². The van der Waals surface area contributed by atoms with Crippen molar-refractivity contribution >= 4 is 17.4 Å². The summed E-state index contributed by atoms with van der Waals surface area (Å²) in [7, 11) is 0. The fourth-order valence-electron chi connectivity index (χ4n) is 2.90. The third-order valence-electron chi connectivity index (χ3n) is 4.28. The second-order valence-electron chi connectivity index (χ2n) is 6.22. The van der Waals surface area contributed by atoms with Crippen molar-refractivity contribution in [1.82, 2.24) is 0 Å². The first-order chi connectivity index (χ1) is 13.3. The summed E-state index contributed by atoms with van der Waals surface area (Å²) in [6.07, 6.45) is -0.463. The molecule has 6 nitrogen and oxygen atoms in total. The minimum Gasteiger partial charge on any atom is -0.508 e. The van der Waals surface area contributed by atoms with E-state index in [1.165, 1.54) is 12.1 Å². The van der Waals surface area contributed by atoms with Crippen molar-refractivity contribution < 1.29 is 34.3 Å². The molecule has 0 amide bonds. The molecule has 28 heavy (non-hydrogen) atoms. The zero-order valence-corrected chi connectivity index (χ0v) is 16.0. The first-order valence-electron chi connectivity index (χ1n) is 8.73. The van der Waals surface area contributed by atoms with Crippen LogP contribution >= 0.6 is 11.6 Å². The fourth-order valence-corrected chi connectivity index (χ4v) is 3.08. The van der Waals surface area contributed by atoms with Gasteiger partial charge < -0.3 is 25.2 Å². The van der Waals surface area contributed by atoms with E-state index >= 15 is 0 Å². The van der Waals surface area contributed by atoms with Crippen molar-refractivity contribution in [3.63, 3.8) is 0 Å². The summed E-state index contributed by atoms with van der Waals surface area (Å²) in [5, 5.41) is 38.4. The lowest BCUT2D eigenvalue weighted by atomic mass is 9.90. The average Bonchev–Trinajstić information content (AvgIpc) is 2.66. The molecule has 2 rings (SSSR count). The first kappa shape index (κ1) is 22.1. The number of hydrogen-bond acceptors (Lipinski definition) is 6. The molecule has 0 fully saturated rings. The molecule has 0 aromatic heterocycles. The number of aliphatic hydroxyl groups excluding tert-OH is 2. The SMILES string of the molecule is CCc1c(O)cc(O)c(C(=O)c2ccc(F)c(Cl)c2)c1CCOCC(O)CO. The van der Waals surface area contributed by atoms with Crippen LogP contribution < -0.4 is 0 Å². The number of aliphatic hydroxyl groups is 2. The number of halogens is 2. The number of rotatable bonds is 9. The third-order valence-corrected chi connectivity index (χ3v) is 4.57. The predicted octanol–water partition coefficient (Wildman–Crippen LogP) is 2.60. The topological polar surface area (TPSA) is 107 Å². The lowest BCUT2D eigenvalue weighted by molar-refractivity contribution is 0.00716. The highest BCUT2D eigenvalue weighted by atomic mass is 35.5. The van der Waals surface area contributed by atoms with Crippen LogP contribution in [0.3, 0.4) is 0 Å². The normalized spacial score (nSPS) is 12.2. The van der Waals surface area contributed by atoms with E-state index in [0.29, 0.717) is 17.5 Å². The second kappa shape index (κ2) is 9.84. The summed E-state index contributed by atoms with van der Waals surface area (Å²) in [6.45, 7) is 1.33. The fraction of sp³-hybridized carbons (Fsp3) is 0.350. The van der Waals surface area contributed by atoms with E-state index in [-0.39, 0.29) is 41.5 Å². The van der Waals surface area contributed by atoms with Gasteiger partial charge in [-0.3, -0.25) is 4.79 Å². The molecule has 152 valence electrons. The van der Waals surface area contributed by atoms with E-state index in [9.17, 15) is 24.5 Å². The van der Waals surface area contributed by atoms with E-state index in [1.807, 2.05) is 0 Å². The largest absolute Gasteiger partial charge is 0.508 e. The average molecular weight is 413 g/mol. The molecule has 0 aliphatic carbocycles. The maximum Gasteiger partial charge on any atom is 0.197 e. The smallest absolute Gasteiger partial charge is 0.197 e. The van der Waals surface area contributed by atoms with Gasteiger partial charge in [-0.25, -0.2) is 4.39 Å². The standard InChI is InChI=1S/C20H22ClFO6/c1-2-13-14(5-6-28-10-12(24)9-23)19(18(26)8-17(13)25)20(27)11-3-4-16(22)15(21)7-11/h3-4,7-8,12,23-26H,2,5-6,9-10H2,1H3. The summed E-state index contributed by atoms with van der Waals surface area (Å²) < 4.78 is 18.7. The molecule has 0 saturated heterocycles. The van der Waals surface area contributed by atoms with Gasteiger partial charge in [0.2, 0.25) is 0 Å². The van der Waals surface area contributed by atoms with Crippen molar-refractivity contribution in [2.45, 2.75) is 25.9 Å².